The van der Waals surface area contributed by atoms with Crippen LogP contribution in [0.15, 0.2) is 33.8 Å². The van der Waals surface area contributed by atoms with Crippen molar-refractivity contribution in [1.29, 1.82) is 0 Å². The lowest BCUT2D eigenvalue weighted by Gasteiger charge is -2.43. The van der Waals surface area contributed by atoms with Crippen LogP contribution in [0, 0.1) is 12.7 Å². The van der Waals surface area contributed by atoms with Crippen LogP contribution in [-0.4, -0.2) is 64.1 Å². The molecule has 11 heteroatoms. The summed E-state index contributed by atoms with van der Waals surface area (Å²) < 4.78 is 19.9. The van der Waals surface area contributed by atoms with Crippen molar-refractivity contribution in [1.82, 2.24) is 25.8 Å². The van der Waals surface area contributed by atoms with Crippen LogP contribution >= 0.6 is 15.9 Å². The zero-order valence-electron chi connectivity index (χ0n) is 17.7. The van der Waals surface area contributed by atoms with Crippen molar-refractivity contribution in [2.45, 2.75) is 38.3 Å². The number of carbonyl (C=O) groups excluding carboxylic acids is 2. The van der Waals surface area contributed by atoms with E-state index in [-0.39, 0.29) is 17.8 Å². The van der Waals surface area contributed by atoms with Crippen LogP contribution in [0.1, 0.15) is 41.5 Å². The fourth-order valence-corrected chi connectivity index (χ4v) is 4.68. The molecule has 3 heterocycles. The lowest BCUT2D eigenvalue weighted by Crippen LogP contribution is -2.57. The topological polar surface area (TPSA) is 112 Å². The predicted octanol–water partition coefficient (Wildman–Crippen LogP) is 2.72. The normalized spacial score (nSPS) is 19.1. The van der Waals surface area contributed by atoms with Crippen LogP contribution in [0.2, 0.25) is 0 Å². The first-order chi connectivity index (χ1) is 15.3. The number of H-pyrrole nitrogens is 1. The van der Waals surface area contributed by atoms with E-state index in [0.29, 0.717) is 53.9 Å². The van der Waals surface area contributed by atoms with Crippen molar-refractivity contribution in [2.24, 2.45) is 5.10 Å². The van der Waals surface area contributed by atoms with E-state index < -0.39 is 11.7 Å². The summed E-state index contributed by atoms with van der Waals surface area (Å²) in [4.78, 5) is 26.5. The average Bonchev–Trinajstić information content (AvgIpc) is 3.17. The first-order valence-electron chi connectivity index (χ1n) is 10.3. The number of amides is 2. The summed E-state index contributed by atoms with van der Waals surface area (Å²) in [6, 6.07) is 5.95. The number of benzene rings is 1. The molecule has 0 aliphatic carbocycles. The van der Waals surface area contributed by atoms with E-state index in [9.17, 15) is 14.0 Å². The highest BCUT2D eigenvalue weighted by Gasteiger charge is 2.46. The largest absolute Gasteiger partial charge is 0.435 e. The summed E-state index contributed by atoms with van der Waals surface area (Å²) >= 11 is 3.39. The lowest BCUT2D eigenvalue weighted by molar-refractivity contribution is 0.00485. The van der Waals surface area contributed by atoms with Gasteiger partial charge in [0.1, 0.15) is 17.2 Å². The molecule has 1 spiro atoms. The van der Waals surface area contributed by atoms with E-state index in [1.54, 1.807) is 12.1 Å². The van der Waals surface area contributed by atoms with Crippen molar-refractivity contribution in [2.75, 3.05) is 19.6 Å². The third kappa shape index (κ3) is 4.68. The molecule has 1 atom stereocenters. The molecule has 0 radical (unpaired) electrons. The average molecular weight is 507 g/mol. The number of ether oxygens (including phenoxy) is 1. The Morgan fingerprint density at radius 3 is 2.78 bits per heavy atom. The number of likely N-dealkylation sites (tertiary alicyclic amines) is 1. The fourth-order valence-electron chi connectivity index (χ4n) is 4.14. The number of nitrogens with one attached hydrogen (secondary N) is 3. The molecule has 0 saturated carbocycles. The molecule has 2 aliphatic heterocycles. The zero-order valence-corrected chi connectivity index (χ0v) is 19.3. The molecular weight excluding hydrogens is 483 g/mol. The van der Waals surface area contributed by atoms with Gasteiger partial charge in [-0.1, -0.05) is 15.9 Å². The molecule has 1 fully saturated rings. The Bertz CT molecular complexity index is 1060. The van der Waals surface area contributed by atoms with E-state index in [0.717, 1.165) is 5.69 Å². The number of rotatable bonds is 5. The SMILES string of the molecule is Cc1cc(C(=O)N[C@@H](C)CN2CCC3(CC2)OC(=O)NN=C3c2ccc(F)cc2Br)n[nH]1. The number of aryl methyl sites for hydroxylation is 1. The zero-order chi connectivity index (χ0) is 22.9. The second-order valence-electron chi connectivity index (χ2n) is 8.19. The monoisotopic (exact) mass is 506 g/mol. The molecule has 2 amide bonds. The molecule has 1 saturated heterocycles. The molecule has 1 aromatic heterocycles. The molecule has 0 bridgehead atoms. The number of hydrogen-bond acceptors (Lipinski definition) is 6. The molecule has 32 heavy (non-hydrogen) atoms. The molecule has 4 rings (SSSR count). The second kappa shape index (κ2) is 8.99. The first-order valence-corrected chi connectivity index (χ1v) is 11.1. The minimum absolute atomic E-state index is 0.0940. The Hall–Kier alpha value is -2.79. The third-order valence-electron chi connectivity index (χ3n) is 5.68. The van der Waals surface area contributed by atoms with Gasteiger partial charge in [0.2, 0.25) is 0 Å². The number of halogens is 2. The van der Waals surface area contributed by atoms with Gasteiger partial charge in [0.25, 0.3) is 5.91 Å². The Labute approximate surface area is 192 Å². The maximum atomic E-state index is 13.6. The van der Waals surface area contributed by atoms with Crippen LogP contribution in [0.5, 0.6) is 0 Å². The summed E-state index contributed by atoms with van der Waals surface area (Å²) in [6.07, 6.45) is 0.459. The Kier molecular flexibility index (Phi) is 6.29. The van der Waals surface area contributed by atoms with Crippen LogP contribution < -0.4 is 10.7 Å². The molecule has 2 aliphatic rings. The van der Waals surface area contributed by atoms with E-state index in [2.05, 4.69) is 46.9 Å². The maximum absolute atomic E-state index is 13.6. The molecule has 3 N–H and O–H groups in total. The first kappa shape index (κ1) is 22.4. The van der Waals surface area contributed by atoms with E-state index in [1.165, 1.54) is 12.1 Å². The summed E-state index contributed by atoms with van der Waals surface area (Å²) in [5.41, 5.74) is 3.91. The number of nitrogens with zero attached hydrogens (tertiary/aromatic N) is 3. The van der Waals surface area contributed by atoms with Gasteiger partial charge in [-0.2, -0.15) is 10.2 Å². The van der Waals surface area contributed by atoms with Gasteiger partial charge >= 0.3 is 6.09 Å². The van der Waals surface area contributed by atoms with E-state index in [4.69, 9.17) is 4.74 Å². The number of aromatic nitrogens is 2. The minimum atomic E-state index is -0.891. The standard InChI is InChI=1S/C21H24BrFN6O3/c1-12-9-17(26-25-12)19(30)24-13(2)11-29-7-5-21(6-8-29)18(27-28-20(31)32-21)15-4-3-14(23)10-16(15)22/h3-4,9-10,13H,5-8,11H2,1-2H3,(H,24,30)(H,25,26)(H,28,31)/t13-/m0/s1. The van der Waals surface area contributed by atoms with E-state index in [1.807, 2.05) is 13.8 Å². The van der Waals surface area contributed by atoms with Gasteiger partial charge in [-0.3, -0.25) is 9.89 Å². The van der Waals surface area contributed by atoms with Gasteiger partial charge in [0.05, 0.1) is 0 Å². The van der Waals surface area contributed by atoms with Gasteiger partial charge < -0.3 is 15.0 Å². The number of piperidine rings is 1. The highest BCUT2D eigenvalue weighted by atomic mass is 79.9. The molecule has 1 aromatic carbocycles. The second-order valence-corrected chi connectivity index (χ2v) is 9.05. The van der Waals surface area contributed by atoms with Crippen molar-refractivity contribution < 1.29 is 18.7 Å². The number of hydrogen-bond donors (Lipinski definition) is 3. The maximum Gasteiger partial charge on any atom is 0.428 e. The number of hydrazone groups is 1. The van der Waals surface area contributed by atoms with Crippen LogP contribution in [0.4, 0.5) is 9.18 Å². The van der Waals surface area contributed by atoms with Gasteiger partial charge in [-0.15, -0.1) is 0 Å². The highest BCUT2D eigenvalue weighted by Crippen LogP contribution is 2.35. The van der Waals surface area contributed by atoms with Crippen molar-refractivity contribution in [3.05, 3.63) is 51.5 Å². The molecular formula is C21H24BrFN6O3. The van der Waals surface area contributed by atoms with E-state index >= 15 is 0 Å². The molecule has 170 valence electrons. The van der Waals surface area contributed by atoms with Crippen molar-refractivity contribution in [3.8, 4) is 0 Å². The van der Waals surface area contributed by atoms with Crippen LogP contribution in [-0.2, 0) is 4.74 Å². The Balaban J connectivity index is 1.41. The molecule has 0 unspecified atom stereocenters. The summed E-state index contributed by atoms with van der Waals surface area (Å²) in [6.45, 7) is 5.71. The highest BCUT2D eigenvalue weighted by molar-refractivity contribution is 9.10. The minimum Gasteiger partial charge on any atom is -0.435 e. The van der Waals surface area contributed by atoms with Gasteiger partial charge in [0, 0.05) is 54.2 Å². The Morgan fingerprint density at radius 2 is 2.12 bits per heavy atom. The van der Waals surface area contributed by atoms with Crippen molar-refractivity contribution >= 4 is 33.6 Å². The summed E-state index contributed by atoms with van der Waals surface area (Å²) in [7, 11) is 0. The van der Waals surface area contributed by atoms with Gasteiger partial charge in [-0.05, 0) is 38.1 Å². The fraction of sp³-hybridized carbons (Fsp3) is 0.429. The lowest BCUT2D eigenvalue weighted by atomic mass is 9.82. The molecule has 9 nitrogen and oxygen atoms in total. The van der Waals surface area contributed by atoms with Gasteiger partial charge in [0.15, 0.2) is 5.60 Å². The van der Waals surface area contributed by atoms with Crippen LogP contribution in [0.25, 0.3) is 0 Å². The quantitative estimate of drug-likeness (QED) is 0.577. The Morgan fingerprint density at radius 1 is 1.38 bits per heavy atom. The summed E-state index contributed by atoms with van der Waals surface area (Å²) in [5.74, 6) is -0.593. The predicted molar refractivity (Wildman–Crippen MR) is 119 cm³/mol. The number of carbonyl (C=O) groups is 2. The summed E-state index contributed by atoms with van der Waals surface area (Å²) in [5, 5.41) is 14.0. The van der Waals surface area contributed by atoms with Crippen molar-refractivity contribution in [3.63, 3.8) is 0 Å². The number of aromatic amines is 1. The van der Waals surface area contributed by atoms with Crippen LogP contribution in [0.3, 0.4) is 0 Å². The third-order valence-corrected chi connectivity index (χ3v) is 6.33. The molecule has 2 aromatic rings. The smallest absolute Gasteiger partial charge is 0.428 e. The van der Waals surface area contributed by atoms with Gasteiger partial charge in [-0.25, -0.2) is 14.6 Å².